The summed E-state index contributed by atoms with van der Waals surface area (Å²) in [4.78, 5) is 11.1. The Kier molecular flexibility index (Phi) is 3.13. The van der Waals surface area contributed by atoms with Gasteiger partial charge in [0, 0.05) is 6.42 Å². The van der Waals surface area contributed by atoms with E-state index in [9.17, 15) is 13.6 Å². The van der Waals surface area contributed by atoms with Crippen molar-refractivity contribution in [2.75, 3.05) is 0 Å². The highest BCUT2D eigenvalue weighted by molar-refractivity contribution is 5.84. The van der Waals surface area contributed by atoms with Crippen molar-refractivity contribution in [1.82, 2.24) is 0 Å². The Morgan fingerprint density at radius 2 is 1.88 bits per heavy atom. The van der Waals surface area contributed by atoms with E-state index in [-0.39, 0.29) is 6.42 Å². The number of aliphatic carboxylic acids is 1. The van der Waals surface area contributed by atoms with E-state index in [0.29, 0.717) is 19.3 Å². The summed E-state index contributed by atoms with van der Waals surface area (Å²) in [6, 6.07) is 7.01. The highest BCUT2D eigenvalue weighted by atomic mass is 19.3. The van der Waals surface area contributed by atoms with Crippen molar-refractivity contribution in [3.05, 3.63) is 35.4 Å². The highest BCUT2D eigenvalue weighted by Gasteiger charge is 2.51. The maximum atomic E-state index is 12.0. The molecule has 2 nitrogen and oxygen atoms in total. The summed E-state index contributed by atoms with van der Waals surface area (Å²) in [7, 11) is 0. The largest absolute Gasteiger partial charge is 0.481 e. The molecule has 0 aliphatic heterocycles. The smallest absolute Gasteiger partial charge is 0.314 e. The van der Waals surface area contributed by atoms with Gasteiger partial charge in [-0.25, -0.2) is 8.78 Å². The number of hydrogen-bond donors (Lipinski definition) is 1. The second kappa shape index (κ2) is 4.43. The third-order valence-electron chi connectivity index (χ3n) is 3.32. The lowest BCUT2D eigenvalue weighted by Gasteiger charge is -2.10. The second-order valence-electron chi connectivity index (χ2n) is 4.51. The number of benzene rings is 1. The van der Waals surface area contributed by atoms with Gasteiger partial charge in [0.2, 0.25) is 6.43 Å². The van der Waals surface area contributed by atoms with Crippen LogP contribution in [0.4, 0.5) is 8.78 Å². The SMILES string of the molecule is O=C(O)C1(c2ccc(CCC(F)F)cc2)CC1. The summed E-state index contributed by atoms with van der Waals surface area (Å²) >= 11 is 0. The Labute approximate surface area is 98.3 Å². The first-order valence-electron chi connectivity index (χ1n) is 5.65. The molecule has 1 fully saturated rings. The van der Waals surface area contributed by atoms with Crippen LogP contribution < -0.4 is 0 Å². The number of carbonyl (C=O) groups is 1. The molecule has 92 valence electrons. The Hall–Kier alpha value is -1.45. The first-order valence-corrected chi connectivity index (χ1v) is 5.65. The quantitative estimate of drug-likeness (QED) is 0.859. The van der Waals surface area contributed by atoms with Crippen LogP contribution in [0.5, 0.6) is 0 Å². The zero-order valence-electron chi connectivity index (χ0n) is 9.33. The fourth-order valence-corrected chi connectivity index (χ4v) is 2.02. The van der Waals surface area contributed by atoms with E-state index >= 15 is 0 Å². The molecule has 0 saturated heterocycles. The minimum atomic E-state index is -2.29. The monoisotopic (exact) mass is 240 g/mol. The van der Waals surface area contributed by atoms with E-state index in [4.69, 9.17) is 5.11 Å². The van der Waals surface area contributed by atoms with Crippen LogP contribution in [0.15, 0.2) is 24.3 Å². The lowest BCUT2D eigenvalue weighted by atomic mass is 9.94. The van der Waals surface area contributed by atoms with Crippen LogP contribution in [-0.2, 0) is 16.6 Å². The van der Waals surface area contributed by atoms with Crippen LogP contribution in [-0.4, -0.2) is 17.5 Å². The number of aryl methyl sites for hydroxylation is 1. The van der Waals surface area contributed by atoms with Crippen LogP contribution in [0.3, 0.4) is 0 Å². The van der Waals surface area contributed by atoms with Gasteiger partial charge in [-0.2, -0.15) is 0 Å². The van der Waals surface area contributed by atoms with E-state index < -0.39 is 17.8 Å². The van der Waals surface area contributed by atoms with E-state index in [1.807, 2.05) is 0 Å². The number of rotatable bonds is 5. The molecule has 0 amide bonds. The zero-order chi connectivity index (χ0) is 12.5. The molecule has 17 heavy (non-hydrogen) atoms. The molecule has 1 N–H and O–H groups in total. The van der Waals surface area contributed by atoms with Gasteiger partial charge in [0.25, 0.3) is 0 Å². The second-order valence-corrected chi connectivity index (χ2v) is 4.51. The fourth-order valence-electron chi connectivity index (χ4n) is 2.02. The van der Waals surface area contributed by atoms with Gasteiger partial charge in [-0.05, 0) is 30.4 Å². The van der Waals surface area contributed by atoms with E-state index in [1.54, 1.807) is 24.3 Å². The predicted octanol–water partition coefficient (Wildman–Crippen LogP) is 3.00. The van der Waals surface area contributed by atoms with Crippen molar-refractivity contribution in [2.24, 2.45) is 0 Å². The van der Waals surface area contributed by atoms with Crippen molar-refractivity contribution in [3.63, 3.8) is 0 Å². The number of alkyl halides is 2. The first kappa shape index (κ1) is 12.0. The molecule has 1 aromatic rings. The van der Waals surface area contributed by atoms with Gasteiger partial charge in [0.15, 0.2) is 0 Å². The predicted molar refractivity (Wildman–Crippen MR) is 59.3 cm³/mol. The van der Waals surface area contributed by atoms with Crippen molar-refractivity contribution < 1.29 is 18.7 Å². The van der Waals surface area contributed by atoms with Gasteiger partial charge in [0.1, 0.15) is 0 Å². The average Bonchev–Trinajstić information content (AvgIpc) is 3.08. The molecule has 4 heteroatoms. The fraction of sp³-hybridized carbons (Fsp3) is 0.462. The minimum Gasteiger partial charge on any atom is -0.481 e. The van der Waals surface area contributed by atoms with Crippen LogP contribution in [0.25, 0.3) is 0 Å². The molecule has 1 aromatic carbocycles. The Morgan fingerprint density at radius 1 is 1.29 bits per heavy atom. The third kappa shape index (κ3) is 2.46. The lowest BCUT2D eigenvalue weighted by molar-refractivity contribution is -0.140. The van der Waals surface area contributed by atoms with Crippen LogP contribution in [0.1, 0.15) is 30.4 Å². The Bertz CT molecular complexity index is 408. The summed E-state index contributed by atoms with van der Waals surface area (Å²) in [6.45, 7) is 0. The third-order valence-corrected chi connectivity index (χ3v) is 3.32. The molecule has 2 rings (SSSR count). The maximum Gasteiger partial charge on any atom is 0.314 e. The van der Waals surface area contributed by atoms with Crippen LogP contribution in [0, 0.1) is 0 Å². The summed E-state index contributed by atoms with van der Waals surface area (Å²) < 4.78 is 24.1. The molecule has 1 aliphatic carbocycles. The summed E-state index contributed by atoms with van der Waals surface area (Å²) in [5.41, 5.74) is 0.905. The molecule has 1 saturated carbocycles. The van der Waals surface area contributed by atoms with Gasteiger partial charge in [0.05, 0.1) is 5.41 Å². The molecule has 1 aliphatic rings. The van der Waals surface area contributed by atoms with E-state index in [2.05, 4.69) is 0 Å². The molecule has 0 aromatic heterocycles. The Balaban J connectivity index is 2.06. The van der Waals surface area contributed by atoms with Crippen molar-refractivity contribution in [3.8, 4) is 0 Å². The number of carboxylic acids is 1. The van der Waals surface area contributed by atoms with Crippen molar-refractivity contribution >= 4 is 5.97 Å². The standard InChI is InChI=1S/C13H14F2O2/c14-11(15)6-3-9-1-4-10(5-2-9)13(7-8-13)12(16)17/h1-2,4-5,11H,3,6-8H2,(H,16,17). The topological polar surface area (TPSA) is 37.3 Å². The van der Waals surface area contributed by atoms with Crippen LogP contribution >= 0.6 is 0 Å². The molecule has 0 unspecified atom stereocenters. The molecule has 0 bridgehead atoms. The molecule has 0 atom stereocenters. The molecule has 0 heterocycles. The highest BCUT2D eigenvalue weighted by Crippen LogP contribution is 2.48. The van der Waals surface area contributed by atoms with Gasteiger partial charge in [-0.3, -0.25) is 4.79 Å². The minimum absolute atomic E-state index is 0.149. The number of halogens is 2. The Morgan fingerprint density at radius 3 is 2.29 bits per heavy atom. The normalized spacial score (nSPS) is 17.1. The maximum absolute atomic E-state index is 12.0. The van der Waals surface area contributed by atoms with Gasteiger partial charge >= 0.3 is 5.97 Å². The lowest BCUT2D eigenvalue weighted by Crippen LogP contribution is -2.19. The average molecular weight is 240 g/mol. The summed E-state index contributed by atoms with van der Waals surface area (Å²) in [6.07, 6.45) is -0.776. The van der Waals surface area contributed by atoms with E-state index in [0.717, 1.165) is 11.1 Å². The molecule has 0 radical (unpaired) electrons. The molecular weight excluding hydrogens is 226 g/mol. The van der Waals surface area contributed by atoms with Crippen molar-refractivity contribution in [2.45, 2.75) is 37.5 Å². The zero-order valence-corrected chi connectivity index (χ0v) is 9.33. The number of hydrogen-bond acceptors (Lipinski definition) is 1. The number of carboxylic acid groups (broad SMARTS) is 1. The van der Waals surface area contributed by atoms with Gasteiger partial charge < -0.3 is 5.11 Å². The summed E-state index contributed by atoms with van der Waals surface area (Å²) in [5, 5.41) is 9.10. The van der Waals surface area contributed by atoms with Gasteiger partial charge in [-0.1, -0.05) is 24.3 Å². The summed E-state index contributed by atoms with van der Waals surface area (Å²) in [5.74, 6) is -0.794. The van der Waals surface area contributed by atoms with E-state index in [1.165, 1.54) is 0 Å². The van der Waals surface area contributed by atoms with Crippen LogP contribution in [0.2, 0.25) is 0 Å². The van der Waals surface area contributed by atoms with Crippen molar-refractivity contribution in [1.29, 1.82) is 0 Å². The van der Waals surface area contributed by atoms with Gasteiger partial charge in [-0.15, -0.1) is 0 Å². The molecule has 0 spiro atoms. The first-order chi connectivity index (χ1) is 8.04. The molecular formula is C13H14F2O2.